The highest BCUT2D eigenvalue weighted by Gasteiger charge is 2.07. The zero-order chi connectivity index (χ0) is 16.4. The van der Waals surface area contributed by atoms with E-state index in [1.54, 1.807) is 12.1 Å². The predicted molar refractivity (Wildman–Crippen MR) is 99.8 cm³/mol. The molecule has 0 unspecified atom stereocenters. The van der Waals surface area contributed by atoms with Crippen LogP contribution in [0.5, 0.6) is 0 Å². The van der Waals surface area contributed by atoms with Crippen molar-refractivity contribution in [2.45, 2.75) is 6.92 Å². The summed E-state index contributed by atoms with van der Waals surface area (Å²) in [5.41, 5.74) is 4.08. The summed E-state index contributed by atoms with van der Waals surface area (Å²) >= 11 is 6.10. The lowest BCUT2D eigenvalue weighted by Gasteiger charge is -2.11. The van der Waals surface area contributed by atoms with E-state index in [9.17, 15) is 4.79 Å². The number of pyridine rings is 1. The molecule has 0 fully saturated rings. The van der Waals surface area contributed by atoms with Gasteiger partial charge in [0.2, 0.25) is 0 Å². The van der Waals surface area contributed by atoms with Gasteiger partial charge in [0.05, 0.1) is 18.2 Å². The van der Waals surface area contributed by atoms with Crippen molar-refractivity contribution in [3.63, 3.8) is 0 Å². The summed E-state index contributed by atoms with van der Waals surface area (Å²) in [7, 11) is 1.37. The van der Waals surface area contributed by atoms with E-state index in [1.165, 1.54) is 7.11 Å². The molecule has 1 N–H and O–H groups in total. The van der Waals surface area contributed by atoms with Gasteiger partial charge in [0, 0.05) is 27.5 Å². The van der Waals surface area contributed by atoms with Gasteiger partial charge >= 0.3 is 5.97 Å². The Labute approximate surface area is 151 Å². The van der Waals surface area contributed by atoms with Gasteiger partial charge in [-0.15, -0.1) is 12.4 Å². The third-order valence-corrected chi connectivity index (χ3v) is 3.72. The number of aromatic nitrogens is 1. The largest absolute Gasteiger partial charge is 0.465 e. The summed E-state index contributed by atoms with van der Waals surface area (Å²) in [4.78, 5) is 16.0. The van der Waals surface area contributed by atoms with Crippen LogP contribution in [0.15, 0.2) is 48.5 Å². The number of carbonyl (C=O) groups is 1. The fourth-order valence-electron chi connectivity index (χ4n) is 2.40. The number of esters is 1. The van der Waals surface area contributed by atoms with Crippen molar-refractivity contribution in [1.29, 1.82) is 0 Å². The van der Waals surface area contributed by atoms with Crippen LogP contribution in [0.1, 0.15) is 16.1 Å². The maximum Gasteiger partial charge on any atom is 0.337 e. The Kier molecular flexibility index (Phi) is 5.65. The molecule has 0 atom stereocenters. The Morgan fingerprint density at radius 1 is 1.12 bits per heavy atom. The molecule has 0 aliphatic rings. The number of halogens is 2. The molecule has 0 bridgehead atoms. The van der Waals surface area contributed by atoms with E-state index in [2.05, 4.69) is 10.3 Å². The highest BCUT2D eigenvalue weighted by molar-refractivity contribution is 6.31. The Balaban J connectivity index is 0.00000208. The number of ether oxygens (including phenoxy) is 1. The summed E-state index contributed by atoms with van der Waals surface area (Å²) < 4.78 is 4.70. The fourth-order valence-corrected chi connectivity index (χ4v) is 2.57. The molecule has 0 aliphatic heterocycles. The molecule has 24 heavy (non-hydrogen) atoms. The zero-order valence-corrected chi connectivity index (χ0v) is 14.7. The number of carbonyl (C=O) groups excluding carboxylic acids is 1. The van der Waals surface area contributed by atoms with Crippen molar-refractivity contribution < 1.29 is 9.53 Å². The monoisotopic (exact) mass is 362 g/mol. The van der Waals surface area contributed by atoms with E-state index in [0.29, 0.717) is 10.6 Å². The van der Waals surface area contributed by atoms with E-state index in [4.69, 9.17) is 16.3 Å². The maximum atomic E-state index is 11.5. The van der Waals surface area contributed by atoms with Crippen molar-refractivity contribution in [3.8, 4) is 0 Å². The highest BCUT2D eigenvalue weighted by Crippen LogP contribution is 2.28. The average molecular weight is 363 g/mol. The van der Waals surface area contributed by atoms with Crippen LogP contribution in [0.2, 0.25) is 5.02 Å². The number of hydrogen-bond donors (Lipinski definition) is 1. The first-order chi connectivity index (χ1) is 11.1. The Bertz CT molecular complexity index is 880. The van der Waals surface area contributed by atoms with Gasteiger partial charge in [-0.05, 0) is 55.5 Å². The highest BCUT2D eigenvalue weighted by atomic mass is 35.5. The number of aryl methyl sites for hydroxylation is 1. The lowest BCUT2D eigenvalue weighted by molar-refractivity contribution is 0.0601. The molecule has 3 aromatic rings. The summed E-state index contributed by atoms with van der Waals surface area (Å²) in [6.45, 7) is 1.94. The molecule has 2 aromatic carbocycles. The van der Waals surface area contributed by atoms with Gasteiger partial charge in [0.15, 0.2) is 0 Å². The van der Waals surface area contributed by atoms with Gasteiger partial charge < -0.3 is 10.1 Å². The molecule has 0 saturated heterocycles. The van der Waals surface area contributed by atoms with Crippen molar-refractivity contribution >= 4 is 52.3 Å². The number of anilines is 2. The number of benzene rings is 2. The van der Waals surface area contributed by atoms with Crippen LogP contribution >= 0.6 is 24.0 Å². The van der Waals surface area contributed by atoms with Gasteiger partial charge in [-0.3, -0.25) is 4.98 Å². The first-order valence-electron chi connectivity index (χ1n) is 7.09. The van der Waals surface area contributed by atoms with Crippen molar-refractivity contribution in [3.05, 3.63) is 64.8 Å². The molecule has 0 aliphatic carbocycles. The van der Waals surface area contributed by atoms with Gasteiger partial charge in [-0.2, -0.15) is 0 Å². The Morgan fingerprint density at radius 3 is 2.50 bits per heavy atom. The fraction of sp³-hybridized carbons (Fsp3) is 0.111. The number of methoxy groups -OCH3 is 1. The number of nitrogens with one attached hydrogen (secondary N) is 1. The summed E-state index contributed by atoms with van der Waals surface area (Å²) in [6, 6.07) is 14.7. The van der Waals surface area contributed by atoms with E-state index < -0.39 is 0 Å². The second-order valence-electron chi connectivity index (χ2n) is 5.17. The van der Waals surface area contributed by atoms with Gasteiger partial charge in [0.25, 0.3) is 0 Å². The maximum absolute atomic E-state index is 11.5. The lowest BCUT2D eigenvalue weighted by Crippen LogP contribution is -2.01. The molecular formula is C18H16Cl2N2O2. The van der Waals surface area contributed by atoms with Gasteiger partial charge in [-0.25, -0.2) is 4.79 Å². The first-order valence-corrected chi connectivity index (χ1v) is 7.47. The molecule has 6 heteroatoms. The van der Waals surface area contributed by atoms with E-state index in [-0.39, 0.29) is 18.4 Å². The Hall–Kier alpha value is -2.30. The van der Waals surface area contributed by atoms with Crippen LogP contribution in [0.3, 0.4) is 0 Å². The van der Waals surface area contributed by atoms with E-state index >= 15 is 0 Å². The van der Waals surface area contributed by atoms with Crippen LogP contribution in [0, 0.1) is 6.92 Å². The minimum atomic E-state index is -0.353. The third kappa shape index (κ3) is 3.78. The van der Waals surface area contributed by atoms with Gasteiger partial charge in [0.1, 0.15) is 0 Å². The Morgan fingerprint density at radius 2 is 1.83 bits per heavy atom. The molecule has 1 heterocycles. The van der Waals surface area contributed by atoms with Crippen molar-refractivity contribution in [2.75, 3.05) is 12.4 Å². The molecule has 0 radical (unpaired) electrons. The smallest absolute Gasteiger partial charge is 0.337 e. The van der Waals surface area contributed by atoms with Gasteiger partial charge in [-0.1, -0.05) is 11.6 Å². The van der Waals surface area contributed by atoms with Crippen molar-refractivity contribution in [1.82, 2.24) is 4.98 Å². The molecule has 0 spiro atoms. The first kappa shape index (κ1) is 18.0. The topological polar surface area (TPSA) is 51.2 Å². The molecule has 3 rings (SSSR count). The SMILES string of the molecule is COC(=O)c1ccc(Nc2cc(C)nc3ccc(Cl)cc23)cc1.Cl. The zero-order valence-electron chi connectivity index (χ0n) is 13.2. The third-order valence-electron chi connectivity index (χ3n) is 3.48. The quantitative estimate of drug-likeness (QED) is 0.654. The average Bonchev–Trinajstić information content (AvgIpc) is 2.55. The minimum Gasteiger partial charge on any atom is -0.465 e. The number of nitrogens with zero attached hydrogens (tertiary/aromatic N) is 1. The standard InChI is InChI=1S/C18H15ClN2O2.ClH/c1-11-9-17(15-10-13(19)5-8-16(15)20-11)21-14-6-3-12(4-7-14)18(22)23-2;/h3-10H,1-2H3,(H,20,21);1H. The number of fused-ring (bicyclic) bond motifs is 1. The van der Waals surface area contributed by atoms with Crippen LogP contribution in [-0.2, 0) is 4.74 Å². The molecule has 4 nitrogen and oxygen atoms in total. The predicted octanol–water partition coefficient (Wildman–Crippen LogP) is 5.15. The molecule has 1 aromatic heterocycles. The van der Waals surface area contributed by atoms with Crippen molar-refractivity contribution in [2.24, 2.45) is 0 Å². The second-order valence-corrected chi connectivity index (χ2v) is 5.60. The lowest BCUT2D eigenvalue weighted by atomic mass is 10.1. The van der Waals surface area contributed by atoms with Crippen LogP contribution in [0.25, 0.3) is 10.9 Å². The number of hydrogen-bond acceptors (Lipinski definition) is 4. The van der Waals surface area contributed by atoms with Crippen LogP contribution in [-0.4, -0.2) is 18.1 Å². The minimum absolute atomic E-state index is 0. The normalized spacial score (nSPS) is 10.1. The molecule has 124 valence electrons. The molecular weight excluding hydrogens is 347 g/mol. The molecule has 0 saturated carbocycles. The summed E-state index contributed by atoms with van der Waals surface area (Å²) in [5, 5.41) is 4.95. The number of rotatable bonds is 3. The van der Waals surface area contributed by atoms with Crippen LogP contribution < -0.4 is 5.32 Å². The van der Waals surface area contributed by atoms with Crippen LogP contribution in [0.4, 0.5) is 11.4 Å². The summed E-state index contributed by atoms with van der Waals surface area (Å²) in [6.07, 6.45) is 0. The molecule has 0 amide bonds. The second kappa shape index (κ2) is 7.51. The van der Waals surface area contributed by atoms with E-state index in [0.717, 1.165) is 28.0 Å². The van der Waals surface area contributed by atoms with E-state index in [1.807, 2.05) is 43.3 Å². The summed E-state index contributed by atoms with van der Waals surface area (Å²) in [5.74, 6) is -0.353.